The third-order valence-corrected chi connectivity index (χ3v) is 9.26. The largest absolute Gasteiger partial charge is 0.394 e. The van der Waals surface area contributed by atoms with E-state index in [2.05, 4.69) is 15.6 Å². The lowest BCUT2D eigenvalue weighted by atomic mass is 10.1. The molecule has 0 saturated heterocycles. The molecule has 0 unspecified atom stereocenters. The molecule has 0 spiro atoms. The number of nitrogens with zero attached hydrogens (tertiary/aromatic N) is 2. The van der Waals surface area contributed by atoms with Gasteiger partial charge in [-0.05, 0) is 48.6 Å². The van der Waals surface area contributed by atoms with Gasteiger partial charge in [0.15, 0.2) is 15.5 Å². The van der Waals surface area contributed by atoms with E-state index in [0.29, 0.717) is 40.5 Å². The van der Waals surface area contributed by atoms with Crippen LogP contribution >= 0.6 is 22.7 Å². The fourth-order valence-electron chi connectivity index (χ4n) is 3.68. The summed E-state index contributed by atoms with van der Waals surface area (Å²) in [5.41, 5.74) is 2.15. The normalized spacial score (nSPS) is 12.5. The Morgan fingerprint density at radius 2 is 2.00 bits per heavy atom. The number of aromatic nitrogens is 2. The Morgan fingerprint density at radius 3 is 2.64 bits per heavy atom. The molecule has 9 nitrogen and oxygen atoms in total. The van der Waals surface area contributed by atoms with Crippen LogP contribution < -0.4 is 10.6 Å². The van der Waals surface area contributed by atoms with E-state index < -0.39 is 15.9 Å². The third-order valence-electron chi connectivity index (χ3n) is 5.61. The van der Waals surface area contributed by atoms with E-state index in [1.54, 1.807) is 34.9 Å². The van der Waals surface area contributed by atoms with Crippen LogP contribution in [0.25, 0.3) is 16.9 Å². The zero-order valence-corrected chi connectivity index (χ0v) is 22.2. The maximum atomic E-state index is 13.2. The van der Waals surface area contributed by atoms with E-state index in [9.17, 15) is 23.1 Å². The molecule has 36 heavy (non-hydrogen) atoms. The van der Waals surface area contributed by atoms with Crippen molar-refractivity contribution < 1.29 is 23.1 Å². The van der Waals surface area contributed by atoms with Gasteiger partial charge in [0.2, 0.25) is 0 Å². The van der Waals surface area contributed by atoms with Gasteiger partial charge in [0.05, 0.1) is 18.2 Å². The minimum Gasteiger partial charge on any atom is -0.394 e. The topological polar surface area (TPSA) is 130 Å². The fourth-order valence-corrected chi connectivity index (χ4v) is 6.30. The summed E-state index contributed by atoms with van der Waals surface area (Å²) >= 11 is 2.66. The van der Waals surface area contributed by atoms with Gasteiger partial charge in [-0.2, -0.15) is 11.3 Å². The maximum absolute atomic E-state index is 13.2. The SMILES string of the molecule is CC[C@@H](CO)NC(=O)c1c(-c2ccsc2)nc2c(C(=O)NCCc3ccc(S(C)(=O)=O)s3)cccn12. The molecule has 0 saturated carbocycles. The predicted molar refractivity (Wildman–Crippen MR) is 141 cm³/mol. The minimum atomic E-state index is -3.26. The van der Waals surface area contributed by atoms with Crippen molar-refractivity contribution >= 4 is 50.0 Å². The molecule has 0 aliphatic carbocycles. The second-order valence-electron chi connectivity index (χ2n) is 8.20. The van der Waals surface area contributed by atoms with Crippen LogP contribution in [0.15, 0.2) is 51.5 Å². The number of nitrogens with one attached hydrogen (secondary N) is 2. The first-order valence-corrected chi connectivity index (χ1v) is 14.9. The highest BCUT2D eigenvalue weighted by Gasteiger charge is 2.25. The first-order chi connectivity index (χ1) is 17.2. The summed E-state index contributed by atoms with van der Waals surface area (Å²) in [6.07, 6.45) is 3.90. The van der Waals surface area contributed by atoms with Gasteiger partial charge >= 0.3 is 0 Å². The summed E-state index contributed by atoms with van der Waals surface area (Å²) < 4.78 is 25.3. The third kappa shape index (κ3) is 5.51. The number of sulfone groups is 1. The van der Waals surface area contributed by atoms with Crippen molar-refractivity contribution in [2.75, 3.05) is 19.4 Å². The van der Waals surface area contributed by atoms with E-state index in [4.69, 9.17) is 0 Å². The van der Waals surface area contributed by atoms with Crippen molar-refractivity contribution in [1.82, 2.24) is 20.0 Å². The average molecular weight is 547 g/mol. The molecule has 4 aromatic heterocycles. The van der Waals surface area contributed by atoms with Crippen LogP contribution in [-0.4, -0.2) is 60.2 Å². The molecule has 0 aromatic carbocycles. The lowest BCUT2D eigenvalue weighted by Gasteiger charge is -2.14. The number of carbonyl (C=O) groups is 2. The Labute approximate surface area is 216 Å². The molecule has 1 atom stereocenters. The molecule has 190 valence electrons. The molecule has 3 N–H and O–H groups in total. The number of hydrogen-bond acceptors (Lipinski definition) is 8. The van der Waals surface area contributed by atoms with Crippen LogP contribution in [0.5, 0.6) is 0 Å². The molecule has 12 heteroatoms. The van der Waals surface area contributed by atoms with E-state index in [1.807, 2.05) is 23.8 Å². The highest BCUT2D eigenvalue weighted by Crippen LogP contribution is 2.28. The highest BCUT2D eigenvalue weighted by molar-refractivity contribution is 7.92. The van der Waals surface area contributed by atoms with Crippen molar-refractivity contribution in [2.24, 2.45) is 0 Å². The van der Waals surface area contributed by atoms with Crippen LogP contribution in [0.4, 0.5) is 0 Å². The molecule has 0 bridgehead atoms. The number of pyridine rings is 1. The van der Waals surface area contributed by atoms with Crippen molar-refractivity contribution in [2.45, 2.75) is 30.0 Å². The summed E-state index contributed by atoms with van der Waals surface area (Å²) in [5, 5.41) is 19.0. The molecule has 4 rings (SSSR count). The number of aliphatic hydroxyl groups is 1. The predicted octanol–water partition coefficient (Wildman–Crippen LogP) is 3.00. The van der Waals surface area contributed by atoms with Gasteiger partial charge in [-0.15, -0.1) is 11.3 Å². The van der Waals surface area contributed by atoms with Crippen molar-refractivity contribution in [3.63, 3.8) is 0 Å². The summed E-state index contributed by atoms with van der Waals surface area (Å²) in [5.74, 6) is -0.738. The monoisotopic (exact) mass is 546 g/mol. The van der Waals surface area contributed by atoms with Gasteiger partial charge in [0.1, 0.15) is 15.6 Å². The zero-order chi connectivity index (χ0) is 25.9. The number of thiophene rings is 2. The molecule has 2 amide bonds. The van der Waals surface area contributed by atoms with Gasteiger partial charge in [-0.3, -0.25) is 14.0 Å². The van der Waals surface area contributed by atoms with Crippen LogP contribution in [0.1, 0.15) is 39.1 Å². The van der Waals surface area contributed by atoms with Crippen LogP contribution in [0.3, 0.4) is 0 Å². The fraction of sp³-hybridized carbons (Fsp3) is 0.292. The number of amides is 2. The molecule has 4 aromatic rings. The molecule has 0 fully saturated rings. The van der Waals surface area contributed by atoms with E-state index in [1.165, 1.54) is 28.9 Å². The van der Waals surface area contributed by atoms with E-state index in [0.717, 1.165) is 10.4 Å². The number of aliphatic hydroxyl groups excluding tert-OH is 1. The second-order valence-corrected chi connectivity index (χ2v) is 12.4. The number of fused-ring (bicyclic) bond motifs is 1. The molecule has 0 aliphatic rings. The summed E-state index contributed by atoms with van der Waals surface area (Å²) in [6, 6.07) is 8.10. The lowest BCUT2D eigenvalue weighted by Crippen LogP contribution is -2.37. The first kappa shape index (κ1) is 26.0. The zero-order valence-electron chi connectivity index (χ0n) is 19.7. The second kappa shape index (κ2) is 10.9. The summed E-state index contributed by atoms with van der Waals surface area (Å²) in [7, 11) is -3.26. The van der Waals surface area contributed by atoms with E-state index >= 15 is 0 Å². The van der Waals surface area contributed by atoms with Crippen molar-refractivity contribution in [3.8, 4) is 11.3 Å². The van der Waals surface area contributed by atoms with Gasteiger partial charge in [0.25, 0.3) is 11.8 Å². The van der Waals surface area contributed by atoms with Crippen LogP contribution in [-0.2, 0) is 16.3 Å². The Balaban J connectivity index is 1.61. The number of carbonyl (C=O) groups excluding carboxylic acids is 2. The quantitative estimate of drug-likeness (QED) is 0.280. The first-order valence-electron chi connectivity index (χ1n) is 11.2. The molecule has 0 aliphatic heterocycles. The Hall–Kier alpha value is -3.06. The van der Waals surface area contributed by atoms with Gasteiger partial charge in [0, 0.05) is 34.8 Å². The smallest absolute Gasteiger partial charge is 0.270 e. The van der Waals surface area contributed by atoms with Crippen LogP contribution in [0, 0.1) is 0 Å². The van der Waals surface area contributed by atoms with Gasteiger partial charge < -0.3 is 15.7 Å². The Morgan fingerprint density at radius 1 is 1.19 bits per heavy atom. The van der Waals surface area contributed by atoms with Gasteiger partial charge in [-0.1, -0.05) is 6.92 Å². The van der Waals surface area contributed by atoms with Crippen LogP contribution in [0.2, 0.25) is 0 Å². The van der Waals surface area contributed by atoms with Crippen molar-refractivity contribution in [1.29, 1.82) is 0 Å². The summed E-state index contributed by atoms with van der Waals surface area (Å²) in [4.78, 5) is 31.8. The lowest BCUT2D eigenvalue weighted by molar-refractivity contribution is 0.0907. The summed E-state index contributed by atoms with van der Waals surface area (Å²) in [6.45, 7) is 2.00. The standard InChI is InChI=1S/C24H26N4O5S3/c1-3-16(13-29)26-24(31)21-20(15-9-12-34-14-15)27-22-18(5-4-11-28(21)22)23(30)25-10-8-17-6-7-19(35-17)36(2,32)33/h4-7,9,11-12,14,16,29H,3,8,10,13H2,1-2H3,(H,25,30)(H,26,31)/t16-/m0/s1. The van der Waals surface area contributed by atoms with E-state index in [-0.39, 0.29) is 24.1 Å². The average Bonchev–Trinajstić information content (AvgIpc) is 3.60. The Kier molecular flexibility index (Phi) is 7.88. The number of rotatable bonds is 10. The molecular formula is C24H26N4O5S3. The van der Waals surface area contributed by atoms with Gasteiger partial charge in [-0.25, -0.2) is 13.4 Å². The molecule has 4 heterocycles. The molecule has 0 radical (unpaired) electrons. The highest BCUT2D eigenvalue weighted by atomic mass is 32.2. The molecular weight excluding hydrogens is 520 g/mol. The Bertz CT molecular complexity index is 1490. The van der Waals surface area contributed by atoms with Crippen molar-refractivity contribution in [3.05, 3.63) is 63.4 Å². The maximum Gasteiger partial charge on any atom is 0.270 e. The minimum absolute atomic E-state index is 0.184. The number of hydrogen-bond donors (Lipinski definition) is 3. The number of imidazole rings is 1.